The van der Waals surface area contributed by atoms with Gasteiger partial charge in [-0.3, -0.25) is 14.9 Å². The number of non-ortho nitro benzene ring substituents is 1. The van der Waals surface area contributed by atoms with Crippen molar-refractivity contribution in [3.8, 4) is 5.75 Å². The third-order valence-corrected chi connectivity index (χ3v) is 7.97. The van der Waals surface area contributed by atoms with Gasteiger partial charge in [-0.25, -0.2) is 8.42 Å². The topological polar surface area (TPSA) is 119 Å². The number of rotatable bonds is 8. The second-order valence-electron chi connectivity index (χ2n) is 7.27. The van der Waals surface area contributed by atoms with E-state index < -0.39 is 14.9 Å². The molecule has 32 heavy (non-hydrogen) atoms. The summed E-state index contributed by atoms with van der Waals surface area (Å²) in [4.78, 5) is 23.5. The van der Waals surface area contributed by atoms with E-state index in [1.807, 2.05) is 0 Å². The average Bonchev–Trinajstić information content (AvgIpc) is 3.08. The Bertz CT molecular complexity index is 1070. The van der Waals surface area contributed by atoms with Crippen LogP contribution >= 0.6 is 11.8 Å². The molecule has 0 radical (unpaired) electrons. The van der Waals surface area contributed by atoms with Crippen LogP contribution < -0.4 is 10.1 Å². The molecule has 1 amide bonds. The van der Waals surface area contributed by atoms with Crippen LogP contribution in [-0.2, 0) is 14.8 Å². The number of carbonyl (C=O) groups excluding carboxylic acids is 1. The highest BCUT2D eigenvalue weighted by atomic mass is 32.2. The van der Waals surface area contributed by atoms with Gasteiger partial charge in [0, 0.05) is 30.1 Å². The number of amides is 1. The molecule has 3 rings (SSSR count). The second-order valence-corrected chi connectivity index (χ2v) is 10.3. The number of ether oxygens (including phenoxy) is 1. The SMILES string of the molecule is COc1ccc(S(=O)(=O)N2CCCCCC2)cc1NC(=O)CSc1ccc([N+](=O)[O-])cc1. The smallest absolute Gasteiger partial charge is 0.269 e. The first-order valence-corrected chi connectivity index (χ1v) is 12.6. The van der Waals surface area contributed by atoms with E-state index in [9.17, 15) is 23.3 Å². The molecule has 2 aromatic carbocycles. The Hall–Kier alpha value is -2.63. The zero-order valence-electron chi connectivity index (χ0n) is 17.7. The largest absolute Gasteiger partial charge is 0.495 e. The minimum absolute atomic E-state index is 0.0222. The van der Waals surface area contributed by atoms with Gasteiger partial charge in [0.25, 0.3) is 5.69 Å². The fourth-order valence-corrected chi connectivity index (χ4v) is 5.62. The van der Waals surface area contributed by atoms with Gasteiger partial charge in [0.1, 0.15) is 5.75 Å². The minimum Gasteiger partial charge on any atom is -0.495 e. The number of nitro groups is 1. The fraction of sp³-hybridized carbons (Fsp3) is 0.381. The van der Waals surface area contributed by atoms with E-state index in [4.69, 9.17) is 4.74 Å². The van der Waals surface area contributed by atoms with Crippen LogP contribution in [0.25, 0.3) is 0 Å². The highest BCUT2D eigenvalue weighted by Gasteiger charge is 2.26. The average molecular weight is 480 g/mol. The first-order valence-electron chi connectivity index (χ1n) is 10.2. The van der Waals surface area contributed by atoms with Crippen LogP contribution in [0, 0.1) is 10.1 Å². The van der Waals surface area contributed by atoms with Gasteiger partial charge in [-0.15, -0.1) is 11.8 Å². The number of carbonyl (C=O) groups is 1. The van der Waals surface area contributed by atoms with Crippen LogP contribution in [-0.4, -0.2) is 49.5 Å². The summed E-state index contributed by atoms with van der Waals surface area (Å²) in [6.07, 6.45) is 3.70. The van der Waals surface area contributed by atoms with Gasteiger partial charge in [-0.2, -0.15) is 4.31 Å². The van der Waals surface area contributed by atoms with Crippen molar-refractivity contribution in [1.29, 1.82) is 0 Å². The lowest BCUT2D eigenvalue weighted by molar-refractivity contribution is -0.384. The molecule has 1 saturated heterocycles. The Labute approximate surface area is 191 Å². The van der Waals surface area contributed by atoms with Crippen molar-refractivity contribution in [2.24, 2.45) is 0 Å². The predicted octanol–water partition coefficient (Wildman–Crippen LogP) is 3.90. The van der Waals surface area contributed by atoms with Gasteiger partial charge in [-0.05, 0) is 43.2 Å². The lowest BCUT2D eigenvalue weighted by atomic mass is 10.2. The summed E-state index contributed by atoms with van der Waals surface area (Å²) >= 11 is 1.21. The van der Waals surface area contributed by atoms with Crippen LogP contribution in [0.2, 0.25) is 0 Å². The van der Waals surface area contributed by atoms with Gasteiger partial charge in [0.15, 0.2) is 0 Å². The van der Waals surface area contributed by atoms with Gasteiger partial charge in [0.05, 0.1) is 28.4 Å². The van der Waals surface area contributed by atoms with Crippen LogP contribution in [0.3, 0.4) is 0 Å². The molecule has 1 heterocycles. The molecule has 11 heteroatoms. The van der Waals surface area contributed by atoms with Crippen LogP contribution in [0.15, 0.2) is 52.3 Å². The van der Waals surface area contributed by atoms with Crippen molar-refractivity contribution < 1.29 is 22.9 Å². The van der Waals surface area contributed by atoms with Crippen LogP contribution in [0.1, 0.15) is 25.7 Å². The molecule has 0 spiro atoms. The minimum atomic E-state index is -3.67. The summed E-state index contributed by atoms with van der Waals surface area (Å²) in [6, 6.07) is 10.3. The monoisotopic (exact) mass is 479 g/mol. The first-order chi connectivity index (χ1) is 15.3. The molecular weight excluding hydrogens is 454 g/mol. The molecule has 0 unspecified atom stereocenters. The first kappa shape index (κ1) is 24.0. The summed E-state index contributed by atoms with van der Waals surface area (Å²) in [6.45, 7) is 0.976. The van der Waals surface area contributed by atoms with Crippen LogP contribution in [0.5, 0.6) is 5.75 Å². The van der Waals surface area contributed by atoms with E-state index in [2.05, 4.69) is 5.32 Å². The Morgan fingerprint density at radius 2 is 1.78 bits per heavy atom. The fourth-order valence-electron chi connectivity index (χ4n) is 3.38. The van der Waals surface area contributed by atoms with E-state index >= 15 is 0 Å². The number of nitrogens with one attached hydrogen (secondary N) is 1. The van der Waals surface area contributed by atoms with E-state index in [-0.39, 0.29) is 27.9 Å². The number of hydrogen-bond acceptors (Lipinski definition) is 7. The van der Waals surface area contributed by atoms with Crippen molar-refractivity contribution in [2.75, 3.05) is 31.3 Å². The number of methoxy groups -OCH3 is 1. The maximum atomic E-state index is 13.1. The van der Waals surface area contributed by atoms with Crippen LogP contribution in [0.4, 0.5) is 11.4 Å². The van der Waals surface area contributed by atoms with Gasteiger partial charge < -0.3 is 10.1 Å². The molecule has 1 aliphatic heterocycles. The Balaban J connectivity index is 1.71. The molecule has 1 fully saturated rings. The van der Waals surface area contributed by atoms with Crippen molar-refractivity contribution in [3.05, 3.63) is 52.6 Å². The molecule has 1 aliphatic rings. The maximum Gasteiger partial charge on any atom is 0.269 e. The van der Waals surface area contributed by atoms with Crippen molar-refractivity contribution in [1.82, 2.24) is 4.31 Å². The second kappa shape index (κ2) is 10.8. The normalized spacial score (nSPS) is 15.0. The summed E-state index contributed by atoms with van der Waals surface area (Å²) in [7, 11) is -2.22. The molecule has 1 N–H and O–H groups in total. The molecule has 0 bridgehead atoms. The molecule has 172 valence electrons. The van der Waals surface area contributed by atoms with Gasteiger partial charge >= 0.3 is 0 Å². The number of nitrogens with zero attached hydrogens (tertiary/aromatic N) is 2. The van der Waals surface area contributed by atoms with Crippen molar-refractivity contribution >= 4 is 39.1 Å². The lowest BCUT2D eigenvalue weighted by Gasteiger charge is -2.21. The molecule has 2 aromatic rings. The lowest BCUT2D eigenvalue weighted by Crippen LogP contribution is -2.32. The number of hydrogen-bond donors (Lipinski definition) is 1. The molecule has 0 atom stereocenters. The summed E-state index contributed by atoms with van der Waals surface area (Å²) in [5.41, 5.74) is 0.253. The number of anilines is 1. The third-order valence-electron chi connectivity index (χ3n) is 5.07. The number of nitro benzene ring substituents is 1. The van der Waals surface area contributed by atoms with Gasteiger partial charge in [0.2, 0.25) is 15.9 Å². The third kappa shape index (κ3) is 5.99. The number of benzene rings is 2. The van der Waals surface area contributed by atoms with Crippen molar-refractivity contribution in [2.45, 2.75) is 35.5 Å². The van der Waals surface area contributed by atoms with E-state index in [1.54, 1.807) is 12.1 Å². The summed E-state index contributed by atoms with van der Waals surface area (Å²) in [5.74, 6) is 0.0498. The predicted molar refractivity (Wildman–Crippen MR) is 123 cm³/mol. The molecular formula is C21H25N3O6S2. The van der Waals surface area contributed by atoms with E-state index in [1.165, 1.54) is 53.5 Å². The quantitative estimate of drug-likeness (QED) is 0.346. The zero-order chi connectivity index (χ0) is 23.1. The standard InChI is InChI=1S/C21H25N3O6S2/c1-30-20-11-10-18(32(28,29)23-12-4-2-3-5-13-23)14-19(20)22-21(25)15-31-17-8-6-16(7-9-17)24(26)27/h6-11,14H,2-5,12-13,15H2,1H3,(H,22,25). The number of thioether (sulfide) groups is 1. The zero-order valence-corrected chi connectivity index (χ0v) is 19.3. The Kier molecular flexibility index (Phi) is 8.10. The number of sulfonamides is 1. The molecule has 9 nitrogen and oxygen atoms in total. The summed E-state index contributed by atoms with van der Waals surface area (Å²) < 4.78 is 33.0. The van der Waals surface area contributed by atoms with Crippen molar-refractivity contribution in [3.63, 3.8) is 0 Å². The molecule has 0 saturated carbocycles. The van der Waals surface area contributed by atoms with E-state index in [0.717, 1.165) is 25.7 Å². The highest BCUT2D eigenvalue weighted by Crippen LogP contribution is 2.30. The highest BCUT2D eigenvalue weighted by molar-refractivity contribution is 8.00. The Morgan fingerprint density at radius 1 is 1.12 bits per heavy atom. The molecule has 0 aromatic heterocycles. The van der Waals surface area contributed by atoms with Gasteiger partial charge in [-0.1, -0.05) is 12.8 Å². The maximum absolute atomic E-state index is 13.1. The Morgan fingerprint density at radius 3 is 2.38 bits per heavy atom. The molecule has 0 aliphatic carbocycles. The van der Waals surface area contributed by atoms with E-state index in [0.29, 0.717) is 23.7 Å². The summed E-state index contributed by atoms with van der Waals surface area (Å²) in [5, 5.41) is 13.4.